The molecular weight excluding hydrogens is 350 g/mol. The Morgan fingerprint density at radius 3 is 2.57 bits per heavy atom. The highest BCUT2D eigenvalue weighted by Gasteiger charge is 2.38. The van der Waals surface area contributed by atoms with Gasteiger partial charge in [0.05, 0.1) is 0 Å². The molecule has 0 unspecified atom stereocenters. The fourth-order valence-electron chi connectivity index (χ4n) is 5.66. The van der Waals surface area contributed by atoms with Crippen LogP contribution in [0.1, 0.15) is 56.9 Å². The van der Waals surface area contributed by atoms with Crippen molar-refractivity contribution in [2.75, 3.05) is 13.3 Å². The van der Waals surface area contributed by atoms with Crippen molar-refractivity contribution >= 4 is 5.91 Å². The molecule has 1 heterocycles. The summed E-state index contributed by atoms with van der Waals surface area (Å²) in [5.41, 5.74) is 1.14. The molecule has 0 saturated heterocycles. The van der Waals surface area contributed by atoms with Crippen molar-refractivity contribution in [3.63, 3.8) is 0 Å². The first-order chi connectivity index (χ1) is 13.8. The zero-order chi connectivity index (χ0) is 18.9. The number of nitrogens with zero attached hydrogens (tertiary/aromatic N) is 1. The lowest BCUT2D eigenvalue weighted by molar-refractivity contribution is -0.137. The van der Waals surface area contributed by atoms with Crippen LogP contribution in [0.3, 0.4) is 0 Å². The van der Waals surface area contributed by atoms with Gasteiger partial charge in [-0.15, -0.1) is 0 Å². The molecule has 1 aromatic carbocycles. The first-order valence-corrected chi connectivity index (χ1v) is 11.1. The topological polar surface area (TPSA) is 38.8 Å². The van der Waals surface area contributed by atoms with Crippen molar-refractivity contribution in [3.8, 4) is 11.5 Å². The maximum atomic E-state index is 13.5. The minimum absolute atomic E-state index is 0.214. The van der Waals surface area contributed by atoms with Gasteiger partial charge in [-0.05, 0) is 61.1 Å². The third-order valence-electron chi connectivity index (χ3n) is 7.20. The second-order valence-corrected chi connectivity index (χ2v) is 9.14. The summed E-state index contributed by atoms with van der Waals surface area (Å²) in [4.78, 5) is 15.7. The summed E-state index contributed by atoms with van der Waals surface area (Å²) in [5.74, 6) is 4.25. The molecule has 2 fully saturated rings. The Morgan fingerprint density at radius 2 is 1.82 bits per heavy atom. The summed E-state index contributed by atoms with van der Waals surface area (Å²) in [7, 11) is 0. The van der Waals surface area contributed by atoms with Crippen LogP contribution in [-0.4, -0.2) is 24.1 Å². The van der Waals surface area contributed by atoms with Gasteiger partial charge in [-0.2, -0.15) is 0 Å². The van der Waals surface area contributed by atoms with Gasteiger partial charge in [0.2, 0.25) is 12.7 Å². The average molecular weight is 382 g/mol. The van der Waals surface area contributed by atoms with E-state index in [4.69, 9.17) is 9.47 Å². The van der Waals surface area contributed by atoms with Crippen LogP contribution in [0.5, 0.6) is 11.5 Å². The van der Waals surface area contributed by atoms with E-state index in [9.17, 15) is 4.79 Å². The van der Waals surface area contributed by atoms with E-state index in [2.05, 4.69) is 29.2 Å². The molecule has 1 aromatic rings. The molecule has 0 radical (unpaired) electrons. The maximum Gasteiger partial charge on any atom is 0.231 e. The number of allylic oxidation sites excluding steroid dienone is 2. The molecule has 2 saturated carbocycles. The average Bonchev–Trinajstić information content (AvgIpc) is 3.39. The molecule has 0 spiro atoms. The van der Waals surface area contributed by atoms with Crippen LogP contribution in [0.15, 0.2) is 30.4 Å². The van der Waals surface area contributed by atoms with Crippen LogP contribution in [0.2, 0.25) is 0 Å². The number of benzene rings is 1. The van der Waals surface area contributed by atoms with E-state index in [-0.39, 0.29) is 5.92 Å². The van der Waals surface area contributed by atoms with E-state index >= 15 is 0 Å². The van der Waals surface area contributed by atoms with E-state index in [1.807, 2.05) is 6.07 Å². The minimum Gasteiger partial charge on any atom is -0.454 e. The van der Waals surface area contributed by atoms with E-state index in [1.165, 1.54) is 38.5 Å². The SMILES string of the molecule is O=C(C1CCCCCC1)N(Cc1ccc2c(c1)OCO2)C[C@H]1C[C@@H]2C=C[C@H]1C2. The van der Waals surface area contributed by atoms with E-state index < -0.39 is 0 Å². The number of hydrogen-bond donors (Lipinski definition) is 0. The normalized spacial score (nSPS) is 28.5. The van der Waals surface area contributed by atoms with Crippen LogP contribution >= 0.6 is 0 Å². The van der Waals surface area contributed by atoms with Crippen molar-refractivity contribution < 1.29 is 14.3 Å². The molecule has 150 valence electrons. The molecule has 3 aliphatic carbocycles. The fourth-order valence-corrected chi connectivity index (χ4v) is 5.66. The van der Waals surface area contributed by atoms with Gasteiger partial charge < -0.3 is 14.4 Å². The summed E-state index contributed by atoms with van der Waals surface area (Å²) in [6, 6.07) is 6.12. The van der Waals surface area contributed by atoms with Gasteiger partial charge >= 0.3 is 0 Å². The van der Waals surface area contributed by atoms with Crippen LogP contribution in [0, 0.1) is 23.7 Å². The highest BCUT2D eigenvalue weighted by atomic mass is 16.7. The molecule has 1 amide bonds. The Balaban J connectivity index is 1.34. The highest BCUT2D eigenvalue weighted by Crippen LogP contribution is 2.44. The number of fused-ring (bicyclic) bond motifs is 3. The number of carbonyl (C=O) groups is 1. The largest absolute Gasteiger partial charge is 0.454 e. The van der Waals surface area contributed by atoms with Gasteiger partial charge in [0.1, 0.15) is 0 Å². The van der Waals surface area contributed by atoms with Crippen LogP contribution in [0.25, 0.3) is 0 Å². The van der Waals surface area contributed by atoms with Crippen LogP contribution < -0.4 is 9.47 Å². The summed E-state index contributed by atoms with van der Waals surface area (Å²) >= 11 is 0. The lowest BCUT2D eigenvalue weighted by atomic mass is 9.91. The predicted molar refractivity (Wildman–Crippen MR) is 108 cm³/mol. The van der Waals surface area contributed by atoms with Crippen molar-refractivity contribution in [3.05, 3.63) is 35.9 Å². The van der Waals surface area contributed by atoms with Crippen molar-refractivity contribution in [1.82, 2.24) is 4.90 Å². The first-order valence-electron chi connectivity index (χ1n) is 11.1. The third-order valence-corrected chi connectivity index (χ3v) is 7.20. The lowest BCUT2D eigenvalue weighted by Crippen LogP contribution is -2.39. The minimum atomic E-state index is 0.214. The Bertz CT molecular complexity index is 750. The molecular formula is C24H31NO3. The molecule has 4 heteroatoms. The quantitative estimate of drug-likeness (QED) is 0.536. The number of hydrogen-bond acceptors (Lipinski definition) is 3. The second kappa shape index (κ2) is 7.81. The van der Waals surface area contributed by atoms with Crippen LogP contribution in [0.4, 0.5) is 0 Å². The highest BCUT2D eigenvalue weighted by molar-refractivity contribution is 5.79. The van der Waals surface area contributed by atoms with Gasteiger partial charge in [-0.1, -0.05) is 43.9 Å². The van der Waals surface area contributed by atoms with Crippen LogP contribution in [-0.2, 0) is 11.3 Å². The molecule has 1 aliphatic heterocycles. The molecule has 2 bridgehead atoms. The third kappa shape index (κ3) is 3.66. The van der Waals surface area contributed by atoms with E-state index in [0.29, 0.717) is 31.1 Å². The fraction of sp³-hybridized carbons (Fsp3) is 0.625. The first kappa shape index (κ1) is 18.1. The molecule has 4 aliphatic rings. The zero-order valence-corrected chi connectivity index (χ0v) is 16.6. The second-order valence-electron chi connectivity index (χ2n) is 9.14. The van der Waals surface area contributed by atoms with Crippen molar-refractivity contribution in [2.45, 2.75) is 57.9 Å². The number of amides is 1. The molecule has 3 atom stereocenters. The predicted octanol–water partition coefficient (Wildman–Crippen LogP) is 4.93. The Labute approximate surface area is 167 Å². The Kier molecular flexibility index (Phi) is 5.04. The van der Waals surface area contributed by atoms with E-state index in [1.54, 1.807) is 0 Å². The number of rotatable bonds is 5. The summed E-state index contributed by atoms with van der Waals surface area (Å²) in [6.07, 6.45) is 14.4. The van der Waals surface area contributed by atoms with Crippen molar-refractivity contribution in [1.29, 1.82) is 0 Å². The smallest absolute Gasteiger partial charge is 0.231 e. The number of carbonyl (C=O) groups excluding carboxylic acids is 1. The Morgan fingerprint density at radius 1 is 1.00 bits per heavy atom. The number of ether oxygens (including phenoxy) is 2. The molecule has 28 heavy (non-hydrogen) atoms. The standard InChI is InChI=1S/C24H31NO3/c26-24(19-5-3-1-2-4-6-19)25(15-21-12-17-7-9-20(21)11-17)14-18-8-10-22-23(13-18)28-16-27-22/h7-10,13,17,19-21H,1-6,11-12,14-16H2/t17-,20+,21-/m1/s1. The summed E-state index contributed by atoms with van der Waals surface area (Å²) in [6.45, 7) is 1.87. The monoisotopic (exact) mass is 381 g/mol. The Hall–Kier alpha value is -1.97. The summed E-state index contributed by atoms with van der Waals surface area (Å²) < 4.78 is 11.0. The van der Waals surface area contributed by atoms with Gasteiger partial charge in [0, 0.05) is 19.0 Å². The van der Waals surface area contributed by atoms with Gasteiger partial charge in [-0.3, -0.25) is 4.79 Å². The van der Waals surface area contributed by atoms with E-state index in [0.717, 1.165) is 42.4 Å². The molecule has 5 rings (SSSR count). The summed E-state index contributed by atoms with van der Waals surface area (Å²) in [5, 5.41) is 0. The lowest BCUT2D eigenvalue weighted by Gasteiger charge is -2.31. The van der Waals surface area contributed by atoms with Crippen molar-refractivity contribution in [2.24, 2.45) is 23.7 Å². The molecule has 0 aromatic heterocycles. The maximum absolute atomic E-state index is 13.5. The zero-order valence-electron chi connectivity index (χ0n) is 16.6. The van der Waals surface area contributed by atoms with Gasteiger partial charge in [0.25, 0.3) is 0 Å². The van der Waals surface area contributed by atoms with Gasteiger partial charge in [0.15, 0.2) is 11.5 Å². The molecule has 0 N–H and O–H groups in total. The van der Waals surface area contributed by atoms with Gasteiger partial charge in [-0.25, -0.2) is 0 Å². The molecule has 4 nitrogen and oxygen atoms in total.